The number of benzene rings is 2. The summed E-state index contributed by atoms with van der Waals surface area (Å²) < 4.78 is 40.6. The van der Waals surface area contributed by atoms with E-state index in [2.05, 4.69) is 24.9 Å². The van der Waals surface area contributed by atoms with Gasteiger partial charge in [0.25, 0.3) is 0 Å². The number of aromatic nitrogens is 1. The van der Waals surface area contributed by atoms with Crippen molar-refractivity contribution in [3.05, 3.63) is 77.0 Å². The van der Waals surface area contributed by atoms with Crippen molar-refractivity contribution in [1.82, 2.24) is 4.98 Å². The molecule has 3 aromatic rings. The van der Waals surface area contributed by atoms with Gasteiger partial charge in [-0.05, 0) is 70.9 Å². The molecule has 1 aliphatic carbocycles. The average Bonchev–Trinajstić information content (AvgIpc) is 3.24. The Bertz CT molecular complexity index is 1310. The van der Waals surface area contributed by atoms with Crippen LogP contribution >= 0.6 is 0 Å². The molecule has 1 saturated carbocycles. The first-order chi connectivity index (χ1) is 18.1. The Morgan fingerprint density at radius 3 is 2.61 bits per heavy atom. The van der Waals surface area contributed by atoms with Crippen molar-refractivity contribution >= 4 is 5.97 Å². The third-order valence-corrected chi connectivity index (χ3v) is 7.76. The molecule has 0 saturated heterocycles. The number of rotatable bonds is 10. The minimum atomic E-state index is -0.922. The Labute approximate surface area is 222 Å². The van der Waals surface area contributed by atoms with Gasteiger partial charge < -0.3 is 14.6 Å². The SMILES string of the molecule is CCC(CC(=O)O)c1cc(F)cc(OCc2ccc(-c3cc(OC)ncc3F)c(C3CCCC3(C)C)c2)c1. The van der Waals surface area contributed by atoms with Gasteiger partial charge in [-0.25, -0.2) is 13.8 Å². The van der Waals surface area contributed by atoms with Crippen LogP contribution in [0.3, 0.4) is 0 Å². The zero-order chi connectivity index (χ0) is 27.4. The maximum absolute atomic E-state index is 15.0. The Balaban J connectivity index is 1.66. The monoisotopic (exact) mass is 523 g/mol. The van der Waals surface area contributed by atoms with E-state index in [9.17, 15) is 18.7 Å². The number of nitrogens with zero attached hydrogens (tertiary/aromatic N) is 1. The Morgan fingerprint density at radius 2 is 1.95 bits per heavy atom. The molecular formula is C31H35F2NO4. The number of pyridine rings is 1. The number of carbonyl (C=O) groups is 1. The summed E-state index contributed by atoms with van der Waals surface area (Å²) in [6, 6.07) is 11.9. The standard InChI is InChI=1S/C31H35F2NO4/c1-5-20(14-30(35)36)21-12-22(32)15-23(13-21)38-18-19-8-9-24(26-16-29(37-4)34-17-28(26)33)25(11-19)27-7-6-10-31(27,2)3/h8-9,11-13,15-17,20,27H,5-7,10,14,18H2,1-4H3,(H,35,36). The maximum atomic E-state index is 15.0. The van der Waals surface area contributed by atoms with Crippen LogP contribution in [0.1, 0.15) is 81.4 Å². The number of hydrogen-bond donors (Lipinski definition) is 1. The average molecular weight is 524 g/mol. The van der Waals surface area contributed by atoms with Crippen molar-refractivity contribution in [2.75, 3.05) is 7.11 Å². The van der Waals surface area contributed by atoms with Gasteiger partial charge in [0.1, 0.15) is 24.0 Å². The van der Waals surface area contributed by atoms with Gasteiger partial charge in [-0.15, -0.1) is 0 Å². The first kappa shape index (κ1) is 27.6. The van der Waals surface area contributed by atoms with Gasteiger partial charge in [0.15, 0.2) is 0 Å². The number of methoxy groups -OCH3 is 1. The van der Waals surface area contributed by atoms with E-state index in [-0.39, 0.29) is 30.3 Å². The molecule has 0 amide bonds. The second-order valence-corrected chi connectivity index (χ2v) is 10.8. The second kappa shape index (κ2) is 11.5. The summed E-state index contributed by atoms with van der Waals surface area (Å²) in [6.07, 6.45) is 4.88. The van der Waals surface area contributed by atoms with Gasteiger partial charge in [0.2, 0.25) is 5.88 Å². The molecule has 0 bridgehead atoms. The van der Waals surface area contributed by atoms with E-state index in [1.54, 1.807) is 12.1 Å². The van der Waals surface area contributed by atoms with Gasteiger partial charge in [-0.3, -0.25) is 4.79 Å². The number of hydrogen-bond acceptors (Lipinski definition) is 4. The lowest BCUT2D eigenvalue weighted by Crippen LogP contribution is -2.17. The zero-order valence-corrected chi connectivity index (χ0v) is 22.4. The molecule has 0 radical (unpaired) electrons. The van der Waals surface area contributed by atoms with Crippen LogP contribution in [0, 0.1) is 17.0 Å². The molecule has 1 aliphatic rings. The summed E-state index contributed by atoms with van der Waals surface area (Å²) in [5.74, 6) is -1.17. The lowest BCUT2D eigenvalue weighted by atomic mass is 9.75. The summed E-state index contributed by atoms with van der Waals surface area (Å²) in [4.78, 5) is 15.2. The predicted molar refractivity (Wildman–Crippen MR) is 143 cm³/mol. The minimum absolute atomic E-state index is 0.0542. The summed E-state index contributed by atoms with van der Waals surface area (Å²) in [5.41, 5.74) is 3.85. The van der Waals surface area contributed by atoms with E-state index in [1.807, 2.05) is 19.1 Å². The second-order valence-electron chi connectivity index (χ2n) is 10.8. The molecule has 5 nitrogen and oxygen atoms in total. The van der Waals surface area contributed by atoms with E-state index in [0.29, 0.717) is 29.2 Å². The molecule has 7 heteroatoms. The van der Waals surface area contributed by atoms with E-state index >= 15 is 0 Å². The van der Waals surface area contributed by atoms with Crippen LogP contribution in [0.15, 0.2) is 48.7 Å². The van der Waals surface area contributed by atoms with Crippen LogP contribution in [-0.2, 0) is 11.4 Å². The molecule has 38 heavy (non-hydrogen) atoms. The van der Waals surface area contributed by atoms with E-state index < -0.39 is 17.6 Å². The van der Waals surface area contributed by atoms with Crippen molar-refractivity contribution in [1.29, 1.82) is 0 Å². The third kappa shape index (κ3) is 6.14. The Morgan fingerprint density at radius 1 is 1.16 bits per heavy atom. The quantitative estimate of drug-likeness (QED) is 0.293. The van der Waals surface area contributed by atoms with E-state index in [4.69, 9.17) is 9.47 Å². The fourth-order valence-electron chi connectivity index (χ4n) is 5.66. The summed E-state index contributed by atoms with van der Waals surface area (Å²) in [7, 11) is 1.51. The molecule has 2 atom stereocenters. The molecular weight excluding hydrogens is 488 g/mol. The molecule has 1 heterocycles. The number of halogens is 2. The highest BCUT2D eigenvalue weighted by molar-refractivity contribution is 5.70. The van der Waals surface area contributed by atoms with E-state index in [0.717, 1.165) is 36.0 Å². The van der Waals surface area contributed by atoms with E-state index in [1.165, 1.54) is 25.4 Å². The maximum Gasteiger partial charge on any atom is 0.303 e. The molecule has 1 fully saturated rings. The molecule has 2 unspecified atom stereocenters. The smallest absolute Gasteiger partial charge is 0.303 e. The summed E-state index contributed by atoms with van der Waals surface area (Å²) in [5, 5.41) is 9.21. The number of ether oxygens (including phenoxy) is 2. The summed E-state index contributed by atoms with van der Waals surface area (Å²) >= 11 is 0. The minimum Gasteiger partial charge on any atom is -0.489 e. The van der Waals surface area contributed by atoms with Crippen molar-refractivity contribution in [2.45, 2.75) is 71.3 Å². The van der Waals surface area contributed by atoms with Gasteiger partial charge in [-0.2, -0.15) is 0 Å². The fraction of sp³-hybridized carbons (Fsp3) is 0.419. The van der Waals surface area contributed by atoms with Crippen LogP contribution in [0.5, 0.6) is 11.6 Å². The van der Waals surface area contributed by atoms with Crippen LogP contribution in [0.25, 0.3) is 11.1 Å². The molecule has 1 aromatic heterocycles. The first-order valence-corrected chi connectivity index (χ1v) is 13.1. The molecule has 1 N–H and O–H groups in total. The van der Waals surface area contributed by atoms with Gasteiger partial charge in [0, 0.05) is 17.7 Å². The molecule has 2 aromatic carbocycles. The molecule has 202 valence electrons. The predicted octanol–water partition coefficient (Wildman–Crippen LogP) is 7.88. The molecule has 0 spiro atoms. The Kier molecular flexibility index (Phi) is 8.34. The van der Waals surface area contributed by atoms with Crippen molar-refractivity contribution in [3.63, 3.8) is 0 Å². The van der Waals surface area contributed by atoms with Crippen molar-refractivity contribution < 1.29 is 28.2 Å². The highest BCUT2D eigenvalue weighted by Crippen LogP contribution is 2.51. The van der Waals surface area contributed by atoms with Crippen molar-refractivity contribution in [2.24, 2.45) is 5.41 Å². The lowest BCUT2D eigenvalue weighted by Gasteiger charge is -2.30. The normalized spacial score (nSPS) is 17.3. The zero-order valence-electron chi connectivity index (χ0n) is 22.4. The van der Waals surface area contributed by atoms with Gasteiger partial charge in [-0.1, -0.05) is 45.4 Å². The highest BCUT2D eigenvalue weighted by atomic mass is 19.1. The highest BCUT2D eigenvalue weighted by Gasteiger charge is 2.37. The summed E-state index contributed by atoms with van der Waals surface area (Å²) in [6.45, 7) is 6.57. The number of carboxylic acids is 1. The van der Waals surface area contributed by atoms with Crippen LogP contribution in [-0.4, -0.2) is 23.2 Å². The third-order valence-electron chi connectivity index (χ3n) is 7.76. The van der Waals surface area contributed by atoms with Gasteiger partial charge >= 0.3 is 5.97 Å². The van der Waals surface area contributed by atoms with Crippen LogP contribution in [0.2, 0.25) is 0 Å². The topological polar surface area (TPSA) is 68.7 Å². The molecule has 0 aliphatic heterocycles. The molecule has 4 rings (SSSR count). The lowest BCUT2D eigenvalue weighted by molar-refractivity contribution is -0.137. The largest absolute Gasteiger partial charge is 0.489 e. The fourth-order valence-corrected chi connectivity index (χ4v) is 5.66. The van der Waals surface area contributed by atoms with Crippen LogP contribution < -0.4 is 9.47 Å². The number of carboxylic acid groups (broad SMARTS) is 1. The number of aliphatic carboxylic acids is 1. The van der Waals surface area contributed by atoms with Crippen LogP contribution in [0.4, 0.5) is 8.78 Å². The van der Waals surface area contributed by atoms with Crippen molar-refractivity contribution in [3.8, 4) is 22.8 Å². The van der Waals surface area contributed by atoms with Gasteiger partial charge in [0.05, 0.1) is 19.7 Å². The first-order valence-electron chi connectivity index (χ1n) is 13.1. The Hall–Kier alpha value is -3.48.